The van der Waals surface area contributed by atoms with Crippen LogP contribution in [0.3, 0.4) is 0 Å². The van der Waals surface area contributed by atoms with Crippen molar-refractivity contribution < 1.29 is 9.59 Å². The summed E-state index contributed by atoms with van der Waals surface area (Å²) in [6.07, 6.45) is 1.37. The average Bonchev–Trinajstić information content (AvgIpc) is 2.76. The second kappa shape index (κ2) is 13.1. The first-order valence-corrected chi connectivity index (χ1v) is 12.8. The van der Waals surface area contributed by atoms with Crippen molar-refractivity contribution in [1.82, 2.24) is 10.2 Å². The van der Waals surface area contributed by atoms with Crippen LogP contribution in [0.1, 0.15) is 44.7 Å². The van der Waals surface area contributed by atoms with Crippen molar-refractivity contribution in [3.63, 3.8) is 0 Å². The number of halogens is 2. The molecule has 0 fully saturated rings. The zero-order valence-electron chi connectivity index (χ0n) is 18.2. The van der Waals surface area contributed by atoms with Gasteiger partial charge in [0.2, 0.25) is 11.8 Å². The predicted octanol–water partition coefficient (Wildman–Crippen LogP) is 6.06. The van der Waals surface area contributed by atoms with Gasteiger partial charge in [-0.15, -0.1) is 11.8 Å². The minimum Gasteiger partial charge on any atom is -0.352 e. The zero-order chi connectivity index (χ0) is 22.8. The second-order valence-corrected chi connectivity index (χ2v) is 9.78. The van der Waals surface area contributed by atoms with Crippen LogP contribution in [0.25, 0.3) is 0 Å². The van der Waals surface area contributed by atoms with E-state index in [0.29, 0.717) is 23.7 Å². The third-order valence-electron chi connectivity index (χ3n) is 5.09. The van der Waals surface area contributed by atoms with Crippen LogP contribution in [0.15, 0.2) is 53.0 Å². The summed E-state index contributed by atoms with van der Waals surface area (Å²) < 4.78 is 1.03. The molecule has 2 atom stereocenters. The first kappa shape index (κ1) is 25.8. The molecule has 0 aliphatic carbocycles. The van der Waals surface area contributed by atoms with E-state index in [4.69, 9.17) is 11.6 Å². The van der Waals surface area contributed by atoms with Gasteiger partial charge in [-0.3, -0.25) is 9.59 Å². The molecule has 2 amide bonds. The normalized spacial score (nSPS) is 12.8. The number of rotatable bonds is 11. The lowest BCUT2D eigenvalue weighted by Crippen LogP contribution is -2.51. The van der Waals surface area contributed by atoms with Gasteiger partial charge in [0.1, 0.15) is 6.04 Å². The van der Waals surface area contributed by atoms with Gasteiger partial charge in [-0.2, -0.15) is 0 Å². The van der Waals surface area contributed by atoms with Crippen LogP contribution in [0.2, 0.25) is 5.02 Å². The number of thioether (sulfide) groups is 1. The number of nitrogens with one attached hydrogen (secondary N) is 1. The minimum absolute atomic E-state index is 0.0607. The summed E-state index contributed by atoms with van der Waals surface area (Å²) in [5, 5.41) is 3.62. The molecule has 0 heterocycles. The maximum absolute atomic E-state index is 13.2. The summed E-state index contributed by atoms with van der Waals surface area (Å²) in [5.41, 5.74) is 1.99. The number of carbonyl (C=O) groups excluding carboxylic acids is 2. The first-order valence-electron chi connectivity index (χ1n) is 10.5. The van der Waals surface area contributed by atoms with Gasteiger partial charge in [0, 0.05) is 27.8 Å². The Balaban J connectivity index is 2.14. The highest BCUT2D eigenvalue weighted by Crippen LogP contribution is 2.22. The van der Waals surface area contributed by atoms with Crippen LogP contribution in [0.4, 0.5) is 0 Å². The molecule has 7 heteroatoms. The lowest BCUT2D eigenvalue weighted by Gasteiger charge is -2.31. The first-order chi connectivity index (χ1) is 14.8. The van der Waals surface area contributed by atoms with Gasteiger partial charge in [-0.05, 0) is 49.1 Å². The van der Waals surface area contributed by atoms with Crippen molar-refractivity contribution in [2.24, 2.45) is 0 Å². The fourth-order valence-corrected chi connectivity index (χ4v) is 4.42. The van der Waals surface area contributed by atoms with Crippen molar-refractivity contribution in [3.8, 4) is 0 Å². The lowest BCUT2D eigenvalue weighted by atomic mass is 10.1. The Bertz CT molecular complexity index is 863. The van der Waals surface area contributed by atoms with Gasteiger partial charge in [0.15, 0.2) is 0 Å². The van der Waals surface area contributed by atoms with Crippen molar-refractivity contribution in [1.29, 1.82) is 0 Å². The molecule has 0 saturated heterocycles. The topological polar surface area (TPSA) is 49.4 Å². The molecule has 0 saturated carbocycles. The number of hydrogen-bond donors (Lipinski definition) is 1. The monoisotopic (exact) mass is 524 g/mol. The highest BCUT2D eigenvalue weighted by Gasteiger charge is 2.29. The summed E-state index contributed by atoms with van der Waals surface area (Å²) in [6.45, 7) is 6.24. The van der Waals surface area contributed by atoms with Crippen molar-refractivity contribution in [2.45, 2.75) is 58.0 Å². The predicted molar refractivity (Wildman–Crippen MR) is 134 cm³/mol. The number of carbonyl (C=O) groups is 2. The molecule has 0 unspecified atom stereocenters. The Hall–Kier alpha value is -1.50. The van der Waals surface area contributed by atoms with Crippen LogP contribution >= 0.6 is 39.3 Å². The zero-order valence-corrected chi connectivity index (χ0v) is 21.4. The van der Waals surface area contributed by atoms with E-state index in [0.717, 1.165) is 27.8 Å². The van der Waals surface area contributed by atoms with E-state index in [-0.39, 0.29) is 17.9 Å². The average molecular weight is 526 g/mol. The summed E-state index contributed by atoms with van der Waals surface area (Å²) in [6, 6.07) is 15.1. The van der Waals surface area contributed by atoms with Gasteiger partial charge < -0.3 is 10.2 Å². The third kappa shape index (κ3) is 8.17. The SMILES string of the molecule is CC[C@@H](C)NC(=O)[C@@H](CC)N(Cc1ccccc1Cl)C(=O)CSCc1ccc(Br)cc1. The van der Waals surface area contributed by atoms with Crippen molar-refractivity contribution in [3.05, 3.63) is 69.2 Å². The molecule has 2 aromatic rings. The van der Waals surface area contributed by atoms with Crippen LogP contribution < -0.4 is 5.32 Å². The highest BCUT2D eigenvalue weighted by atomic mass is 79.9. The summed E-state index contributed by atoms with van der Waals surface area (Å²) in [5.74, 6) is 0.853. The number of hydrogen-bond acceptors (Lipinski definition) is 3. The molecule has 0 bridgehead atoms. The largest absolute Gasteiger partial charge is 0.352 e. The van der Waals surface area contributed by atoms with Crippen LogP contribution in [0, 0.1) is 0 Å². The Morgan fingerprint density at radius 1 is 1.10 bits per heavy atom. The van der Waals surface area contributed by atoms with Gasteiger partial charge in [-0.1, -0.05) is 71.7 Å². The van der Waals surface area contributed by atoms with Crippen molar-refractivity contribution in [2.75, 3.05) is 5.75 Å². The highest BCUT2D eigenvalue weighted by molar-refractivity contribution is 9.10. The van der Waals surface area contributed by atoms with Gasteiger partial charge in [-0.25, -0.2) is 0 Å². The van der Waals surface area contributed by atoms with Gasteiger partial charge in [0.25, 0.3) is 0 Å². The van der Waals surface area contributed by atoms with E-state index < -0.39 is 6.04 Å². The summed E-state index contributed by atoms with van der Waals surface area (Å²) in [4.78, 5) is 27.9. The van der Waals surface area contributed by atoms with Gasteiger partial charge >= 0.3 is 0 Å². The fraction of sp³-hybridized carbons (Fsp3) is 0.417. The van der Waals surface area contributed by atoms with E-state index in [1.54, 1.807) is 16.7 Å². The molecule has 0 aromatic heterocycles. The van der Waals surface area contributed by atoms with Gasteiger partial charge in [0.05, 0.1) is 5.75 Å². The Labute approximate surface area is 203 Å². The number of nitrogens with zero attached hydrogens (tertiary/aromatic N) is 1. The van der Waals surface area contributed by atoms with Crippen LogP contribution in [-0.4, -0.2) is 34.6 Å². The molecule has 0 aliphatic heterocycles. The smallest absolute Gasteiger partial charge is 0.243 e. The maximum Gasteiger partial charge on any atom is 0.243 e. The molecule has 168 valence electrons. The number of benzene rings is 2. The van der Waals surface area contributed by atoms with Crippen LogP contribution in [-0.2, 0) is 21.9 Å². The molecule has 2 aromatic carbocycles. The molecule has 2 rings (SSSR count). The lowest BCUT2D eigenvalue weighted by molar-refractivity contribution is -0.139. The van der Waals surface area contributed by atoms with E-state index in [2.05, 4.69) is 21.2 Å². The number of amides is 2. The Kier molecular flexibility index (Phi) is 10.9. The molecule has 1 N–H and O–H groups in total. The Morgan fingerprint density at radius 2 is 1.77 bits per heavy atom. The summed E-state index contributed by atoms with van der Waals surface area (Å²) >= 11 is 11.3. The molecule has 31 heavy (non-hydrogen) atoms. The van der Waals surface area contributed by atoms with E-state index in [9.17, 15) is 9.59 Å². The van der Waals surface area contributed by atoms with E-state index >= 15 is 0 Å². The van der Waals surface area contributed by atoms with Crippen molar-refractivity contribution >= 4 is 51.1 Å². The minimum atomic E-state index is -0.536. The maximum atomic E-state index is 13.2. The molecule has 0 spiro atoms. The molecular weight excluding hydrogens is 496 g/mol. The van der Waals surface area contributed by atoms with E-state index in [1.807, 2.05) is 69.3 Å². The Morgan fingerprint density at radius 3 is 2.39 bits per heavy atom. The van der Waals surface area contributed by atoms with E-state index in [1.165, 1.54) is 0 Å². The third-order valence-corrected chi connectivity index (χ3v) is 6.98. The second-order valence-electron chi connectivity index (χ2n) is 7.47. The molecule has 0 aliphatic rings. The summed E-state index contributed by atoms with van der Waals surface area (Å²) in [7, 11) is 0. The standard InChI is InChI=1S/C24H30BrClN2O2S/c1-4-17(3)27-24(30)22(5-2)28(14-19-8-6-7-9-21(19)26)23(29)16-31-15-18-10-12-20(25)13-11-18/h6-13,17,22H,4-5,14-16H2,1-3H3,(H,27,30)/t17-,22-/m1/s1. The van der Waals surface area contributed by atoms with Crippen LogP contribution in [0.5, 0.6) is 0 Å². The molecular formula is C24H30BrClN2O2S. The quantitative estimate of drug-likeness (QED) is 0.388. The molecule has 0 radical (unpaired) electrons. The molecule has 4 nitrogen and oxygen atoms in total. The fourth-order valence-electron chi connectivity index (χ4n) is 3.09.